The first-order valence-corrected chi connectivity index (χ1v) is 7.09. The van der Waals surface area contributed by atoms with Crippen LogP contribution >= 0.6 is 0 Å². The summed E-state index contributed by atoms with van der Waals surface area (Å²) in [5.41, 5.74) is 2.86. The van der Waals surface area contributed by atoms with Crippen molar-refractivity contribution in [3.63, 3.8) is 0 Å². The molecule has 1 aromatic heterocycles. The van der Waals surface area contributed by atoms with Crippen molar-refractivity contribution in [2.75, 3.05) is 24.3 Å². The Morgan fingerprint density at radius 1 is 1.20 bits per heavy atom. The Bertz CT molecular complexity index is 595. The van der Waals surface area contributed by atoms with Gasteiger partial charge < -0.3 is 10.2 Å². The lowest BCUT2D eigenvalue weighted by atomic mass is 9.88. The van der Waals surface area contributed by atoms with E-state index in [0.29, 0.717) is 6.04 Å². The minimum absolute atomic E-state index is 0.352. The van der Waals surface area contributed by atoms with E-state index >= 15 is 0 Å². The maximum Gasteiger partial charge on any atom is 0.226 e. The van der Waals surface area contributed by atoms with Crippen LogP contribution in [0.1, 0.15) is 30.0 Å². The van der Waals surface area contributed by atoms with Gasteiger partial charge in [-0.15, -0.1) is 0 Å². The van der Waals surface area contributed by atoms with Crippen molar-refractivity contribution < 1.29 is 0 Å². The van der Waals surface area contributed by atoms with Crippen molar-refractivity contribution >= 4 is 11.8 Å². The molecule has 2 aromatic rings. The summed E-state index contributed by atoms with van der Waals surface area (Å²) in [4.78, 5) is 10.7. The smallest absolute Gasteiger partial charge is 0.226 e. The number of nitrogens with one attached hydrogen (secondary N) is 1. The van der Waals surface area contributed by atoms with Gasteiger partial charge in [-0.3, -0.25) is 0 Å². The molecule has 0 radical (unpaired) electrons. The van der Waals surface area contributed by atoms with Gasteiger partial charge in [0.15, 0.2) is 0 Å². The number of rotatable bonds is 3. The zero-order chi connectivity index (χ0) is 13.9. The molecular formula is C16H20N4. The topological polar surface area (TPSA) is 41.1 Å². The molecule has 3 rings (SSSR count). The van der Waals surface area contributed by atoms with Crippen molar-refractivity contribution in [2.24, 2.45) is 0 Å². The number of nitrogens with zero attached hydrogens (tertiary/aromatic N) is 3. The van der Waals surface area contributed by atoms with E-state index in [1.807, 2.05) is 25.1 Å². The van der Waals surface area contributed by atoms with Crippen molar-refractivity contribution in [1.82, 2.24) is 9.97 Å². The monoisotopic (exact) mass is 268 g/mol. The fourth-order valence-corrected chi connectivity index (χ4v) is 2.73. The van der Waals surface area contributed by atoms with Gasteiger partial charge in [0.1, 0.15) is 5.82 Å². The highest BCUT2D eigenvalue weighted by atomic mass is 15.2. The van der Waals surface area contributed by atoms with Crippen LogP contribution in [0.3, 0.4) is 0 Å². The first-order valence-electron chi connectivity index (χ1n) is 7.09. The number of aryl methyl sites for hydroxylation is 1. The lowest BCUT2D eigenvalue weighted by Crippen LogP contribution is -2.19. The number of fused-ring (bicyclic) bond motifs is 1. The summed E-state index contributed by atoms with van der Waals surface area (Å²) in [6.45, 7) is 0. The zero-order valence-corrected chi connectivity index (χ0v) is 12.0. The molecule has 0 spiro atoms. The molecule has 1 atom stereocenters. The van der Waals surface area contributed by atoms with Crippen LogP contribution in [0.5, 0.6) is 0 Å². The van der Waals surface area contributed by atoms with Gasteiger partial charge in [-0.25, -0.2) is 4.98 Å². The summed E-state index contributed by atoms with van der Waals surface area (Å²) in [5.74, 6) is 1.63. The van der Waals surface area contributed by atoms with Crippen molar-refractivity contribution in [2.45, 2.75) is 25.3 Å². The average Bonchev–Trinajstić information content (AvgIpc) is 2.48. The van der Waals surface area contributed by atoms with Gasteiger partial charge in [-0.05, 0) is 36.5 Å². The molecule has 0 amide bonds. The maximum absolute atomic E-state index is 4.54. The van der Waals surface area contributed by atoms with E-state index < -0.39 is 0 Å². The predicted octanol–water partition coefficient (Wildman–Crippen LogP) is 3.03. The number of aromatic nitrogens is 2. The Hall–Kier alpha value is -2.10. The quantitative estimate of drug-likeness (QED) is 0.929. The number of hydrogen-bond acceptors (Lipinski definition) is 4. The van der Waals surface area contributed by atoms with Crippen molar-refractivity contribution in [1.29, 1.82) is 0 Å². The van der Waals surface area contributed by atoms with Gasteiger partial charge in [0.05, 0.1) is 6.04 Å². The maximum atomic E-state index is 4.54. The van der Waals surface area contributed by atoms with Crippen molar-refractivity contribution in [3.05, 3.63) is 47.7 Å². The molecule has 0 saturated carbocycles. The molecule has 104 valence electrons. The Morgan fingerprint density at radius 2 is 2.05 bits per heavy atom. The fraction of sp³-hybridized carbons (Fsp3) is 0.375. The van der Waals surface area contributed by atoms with Crippen molar-refractivity contribution in [3.8, 4) is 0 Å². The summed E-state index contributed by atoms with van der Waals surface area (Å²) in [5, 5.41) is 3.55. The third-order valence-electron chi connectivity index (χ3n) is 3.73. The third-order valence-corrected chi connectivity index (χ3v) is 3.73. The largest absolute Gasteiger partial charge is 0.363 e. The van der Waals surface area contributed by atoms with Crippen LogP contribution in [-0.2, 0) is 6.42 Å². The molecule has 1 unspecified atom stereocenters. The van der Waals surface area contributed by atoms with Crippen LogP contribution < -0.4 is 10.2 Å². The Morgan fingerprint density at radius 3 is 2.90 bits per heavy atom. The highest BCUT2D eigenvalue weighted by molar-refractivity contribution is 5.44. The van der Waals surface area contributed by atoms with Gasteiger partial charge in [0.25, 0.3) is 0 Å². The van der Waals surface area contributed by atoms with E-state index in [1.165, 1.54) is 24.0 Å². The second-order valence-electron chi connectivity index (χ2n) is 5.42. The average molecular weight is 268 g/mol. The lowest BCUT2D eigenvalue weighted by molar-refractivity contribution is 0.598. The molecular weight excluding hydrogens is 248 g/mol. The standard InChI is InChI=1S/C16H20N4/c1-20(2)16-17-11-10-15(19-16)18-14-9-5-7-12-6-3-4-8-13(12)14/h3-4,6,8,10-11,14H,5,7,9H2,1-2H3,(H,17,18,19). The Balaban J connectivity index is 1.84. The molecule has 1 aromatic carbocycles. The molecule has 1 aliphatic rings. The van der Waals surface area contributed by atoms with Crippen LogP contribution in [0.25, 0.3) is 0 Å². The van der Waals surface area contributed by atoms with Crippen LogP contribution in [0, 0.1) is 0 Å². The molecule has 1 aliphatic carbocycles. The van der Waals surface area contributed by atoms with E-state index in [2.05, 4.69) is 39.6 Å². The molecule has 4 nitrogen and oxygen atoms in total. The minimum Gasteiger partial charge on any atom is -0.363 e. The van der Waals surface area contributed by atoms with Crippen LogP contribution in [-0.4, -0.2) is 24.1 Å². The Labute approximate surface area is 119 Å². The van der Waals surface area contributed by atoms with Gasteiger partial charge in [0.2, 0.25) is 5.95 Å². The molecule has 20 heavy (non-hydrogen) atoms. The van der Waals surface area contributed by atoms with Gasteiger partial charge in [-0.1, -0.05) is 24.3 Å². The van der Waals surface area contributed by atoms with E-state index in [1.54, 1.807) is 6.20 Å². The second kappa shape index (κ2) is 5.49. The molecule has 0 saturated heterocycles. The normalized spacial score (nSPS) is 17.4. The van der Waals surface area contributed by atoms with E-state index in [9.17, 15) is 0 Å². The first kappa shape index (κ1) is 12.9. The van der Waals surface area contributed by atoms with Gasteiger partial charge in [-0.2, -0.15) is 4.98 Å². The summed E-state index contributed by atoms with van der Waals surface area (Å²) >= 11 is 0. The third kappa shape index (κ3) is 2.59. The number of benzene rings is 1. The van der Waals surface area contributed by atoms with Gasteiger partial charge in [0, 0.05) is 20.3 Å². The molecule has 0 bridgehead atoms. The van der Waals surface area contributed by atoms with E-state index in [4.69, 9.17) is 0 Å². The van der Waals surface area contributed by atoms with E-state index in [0.717, 1.165) is 18.2 Å². The molecule has 0 aliphatic heterocycles. The molecule has 1 heterocycles. The highest BCUT2D eigenvalue weighted by Crippen LogP contribution is 2.31. The molecule has 4 heteroatoms. The number of anilines is 2. The van der Waals surface area contributed by atoms with E-state index in [-0.39, 0.29) is 0 Å². The lowest BCUT2D eigenvalue weighted by Gasteiger charge is -2.27. The first-order chi connectivity index (χ1) is 9.74. The fourth-order valence-electron chi connectivity index (χ4n) is 2.73. The van der Waals surface area contributed by atoms with Crippen LogP contribution in [0.15, 0.2) is 36.5 Å². The Kier molecular flexibility index (Phi) is 3.54. The summed E-state index contributed by atoms with van der Waals surface area (Å²) in [7, 11) is 3.91. The van der Waals surface area contributed by atoms with Gasteiger partial charge >= 0.3 is 0 Å². The second-order valence-corrected chi connectivity index (χ2v) is 5.42. The minimum atomic E-state index is 0.352. The molecule has 0 fully saturated rings. The summed E-state index contributed by atoms with van der Waals surface area (Å²) < 4.78 is 0. The highest BCUT2D eigenvalue weighted by Gasteiger charge is 2.19. The predicted molar refractivity (Wildman–Crippen MR) is 82.1 cm³/mol. The summed E-state index contributed by atoms with van der Waals surface area (Å²) in [6.07, 6.45) is 5.36. The SMILES string of the molecule is CN(C)c1nccc(NC2CCCc3ccccc32)n1. The van der Waals surface area contributed by atoms with Crippen LogP contribution in [0.2, 0.25) is 0 Å². The molecule has 1 N–H and O–H groups in total. The summed E-state index contributed by atoms with van der Waals surface area (Å²) in [6, 6.07) is 11.0. The number of hydrogen-bond donors (Lipinski definition) is 1. The van der Waals surface area contributed by atoms with Crippen LogP contribution in [0.4, 0.5) is 11.8 Å². The zero-order valence-electron chi connectivity index (χ0n) is 12.0.